The summed E-state index contributed by atoms with van der Waals surface area (Å²) in [7, 11) is -3.26. The Morgan fingerprint density at radius 2 is 1.84 bits per heavy atom. The van der Waals surface area contributed by atoms with E-state index < -0.39 is 9.84 Å². The van der Waals surface area contributed by atoms with Gasteiger partial charge in [-0.2, -0.15) is 0 Å². The van der Waals surface area contributed by atoms with E-state index >= 15 is 0 Å². The molecule has 3 aromatic rings. The van der Waals surface area contributed by atoms with Crippen molar-refractivity contribution in [3.05, 3.63) is 53.9 Å². The average Bonchev–Trinajstić information content (AvgIpc) is 3.03. The minimum absolute atomic E-state index is 0.0564. The molecule has 130 valence electrons. The van der Waals surface area contributed by atoms with Crippen molar-refractivity contribution in [3.63, 3.8) is 0 Å². The molecule has 5 nitrogen and oxygen atoms in total. The van der Waals surface area contributed by atoms with Gasteiger partial charge >= 0.3 is 0 Å². The Kier molecular flexibility index (Phi) is 4.90. The summed E-state index contributed by atoms with van der Waals surface area (Å²) in [6, 6.07) is 12.4. The van der Waals surface area contributed by atoms with Crippen LogP contribution in [0.4, 0.5) is 0 Å². The zero-order chi connectivity index (χ0) is 17.9. The Morgan fingerprint density at radius 1 is 1.08 bits per heavy atom. The van der Waals surface area contributed by atoms with Crippen LogP contribution in [0.1, 0.15) is 25.3 Å². The molecule has 0 unspecified atom stereocenters. The van der Waals surface area contributed by atoms with Gasteiger partial charge in [0.15, 0.2) is 15.4 Å². The van der Waals surface area contributed by atoms with E-state index in [0.717, 1.165) is 11.3 Å². The van der Waals surface area contributed by atoms with E-state index in [-0.39, 0.29) is 10.6 Å². The molecule has 0 aliphatic rings. The fourth-order valence-corrected chi connectivity index (χ4v) is 3.27. The normalized spacial score (nSPS) is 12.1. The second-order valence-electron chi connectivity index (χ2n) is 5.42. The van der Waals surface area contributed by atoms with Crippen molar-refractivity contribution in [1.29, 1.82) is 0 Å². The van der Waals surface area contributed by atoms with Gasteiger partial charge in [-0.25, -0.2) is 13.4 Å². The number of sulfone groups is 1. The first-order chi connectivity index (χ1) is 12.0. The number of hydrogen-bond donors (Lipinski definition) is 0. The molecule has 0 radical (unpaired) electrons. The molecule has 3 rings (SSSR count). The van der Waals surface area contributed by atoms with Gasteiger partial charge in [0, 0.05) is 6.08 Å². The number of benzene rings is 2. The van der Waals surface area contributed by atoms with Gasteiger partial charge in [0.1, 0.15) is 11.3 Å². The summed E-state index contributed by atoms with van der Waals surface area (Å²) in [4.78, 5) is 4.60. The van der Waals surface area contributed by atoms with Crippen LogP contribution in [0, 0.1) is 0 Å². The van der Waals surface area contributed by atoms with Crippen molar-refractivity contribution in [2.45, 2.75) is 18.7 Å². The standard InChI is InChI=1S/C19H19NO4S/c1-3-23-15-8-5-14(6-9-15)7-12-19-20-17-13-16(25(21,22)4-2)10-11-18(17)24-19/h5-13H,3-4H2,1-2H3. The Hall–Kier alpha value is -2.60. The van der Waals surface area contributed by atoms with Crippen molar-refractivity contribution in [3.8, 4) is 5.75 Å². The topological polar surface area (TPSA) is 69.4 Å². The SMILES string of the molecule is CCOc1ccc(C=Cc2nc3cc(S(=O)(=O)CC)ccc3o2)cc1. The lowest BCUT2D eigenvalue weighted by Crippen LogP contribution is -2.03. The average molecular weight is 357 g/mol. The van der Waals surface area contributed by atoms with Crippen LogP contribution in [0.5, 0.6) is 5.75 Å². The molecule has 0 bridgehead atoms. The van der Waals surface area contributed by atoms with E-state index in [9.17, 15) is 8.42 Å². The first-order valence-electron chi connectivity index (χ1n) is 8.06. The number of hydrogen-bond acceptors (Lipinski definition) is 5. The van der Waals surface area contributed by atoms with Crippen LogP contribution in [0.2, 0.25) is 0 Å². The number of aromatic nitrogens is 1. The molecule has 0 atom stereocenters. The highest BCUT2D eigenvalue weighted by Crippen LogP contribution is 2.22. The Morgan fingerprint density at radius 3 is 2.52 bits per heavy atom. The highest BCUT2D eigenvalue weighted by atomic mass is 32.2. The molecule has 0 N–H and O–H groups in total. The molecule has 0 saturated carbocycles. The summed E-state index contributed by atoms with van der Waals surface area (Å²) in [6.45, 7) is 4.19. The second-order valence-corrected chi connectivity index (χ2v) is 7.70. The van der Waals surface area contributed by atoms with Gasteiger partial charge in [-0.15, -0.1) is 0 Å². The molecular formula is C19H19NO4S. The van der Waals surface area contributed by atoms with Gasteiger partial charge in [0.25, 0.3) is 0 Å². The van der Waals surface area contributed by atoms with Crippen LogP contribution >= 0.6 is 0 Å². The first kappa shape index (κ1) is 17.2. The van der Waals surface area contributed by atoms with E-state index in [1.54, 1.807) is 31.2 Å². The van der Waals surface area contributed by atoms with Gasteiger partial charge < -0.3 is 9.15 Å². The zero-order valence-corrected chi connectivity index (χ0v) is 14.9. The molecule has 0 fully saturated rings. The second kappa shape index (κ2) is 7.11. The van der Waals surface area contributed by atoms with Gasteiger partial charge in [-0.3, -0.25) is 0 Å². The first-order valence-corrected chi connectivity index (χ1v) is 9.71. The van der Waals surface area contributed by atoms with E-state index in [4.69, 9.17) is 9.15 Å². The highest BCUT2D eigenvalue weighted by Gasteiger charge is 2.13. The molecule has 2 aromatic carbocycles. The van der Waals surface area contributed by atoms with Crippen LogP contribution in [0.15, 0.2) is 51.8 Å². The van der Waals surface area contributed by atoms with E-state index in [1.165, 1.54) is 0 Å². The number of ether oxygens (including phenoxy) is 1. The molecule has 6 heteroatoms. The van der Waals surface area contributed by atoms with Crippen LogP contribution in [0.25, 0.3) is 23.3 Å². The molecule has 0 saturated heterocycles. The maximum absolute atomic E-state index is 12.0. The maximum atomic E-state index is 12.0. The third kappa shape index (κ3) is 3.91. The number of rotatable bonds is 6. The molecule has 25 heavy (non-hydrogen) atoms. The van der Waals surface area contributed by atoms with Crippen LogP contribution < -0.4 is 4.74 Å². The predicted octanol–water partition coefficient (Wildman–Crippen LogP) is 4.19. The number of oxazole rings is 1. The molecule has 0 amide bonds. The minimum Gasteiger partial charge on any atom is -0.494 e. The summed E-state index contributed by atoms with van der Waals surface area (Å²) in [5.41, 5.74) is 2.07. The van der Waals surface area contributed by atoms with Gasteiger partial charge in [0.05, 0.1) is 17.3 Å². The monoisotopic (exact) mass is 357 g/mol. The van der Waals surface area contributed by atoms with E-state index in [0.29, 0.717) is 23.6 Å². The highest BCUT2D eigenvalue weighted by molar-refractivity contribution is 7.91. The van der Waals surface area contributed by atoms with Crippen molar-refractivity contribution in [2.24, 2.45) is 0 Å². The summed E-state index contributed by atoms with van der Waals surface area (Å²) in [5.74, 6) is 1.31. The number of nitrogens with zero attached hydrogens (tertiary/aromatic N) is 1. The van der Waals surface area contributed by atoms with Crippen LogP contribution in [-0.4, -0.2) is 25.8 Å². The summed E-state index contributed by atoms with van der Waals surface area (Å²) in [5, 5.41) is 0. The van der Waals surface area contributed by atoms with Crippen molar-refractivity contribution in [1.82, 2.24) is 4.98 Å². The Bertz CT molecular complexity index is 1000. The smallest absolute Gasteiger partial charge is 0.220 e. The molecule has 0 aliphatic carbocycles. The fourth-order valence-electron chi connectivity index (χ4n) is 2.37. The van der Waals surface area contributed by atoms with E-state index in [2.05, 4.69) is 4.98 Å². The van der Waals surface area contributed by atoms with Gasteiger partial charge in [-0.05, 0) is 48.9 Å². The lowest BCUT2D eigenvalue weighted by Gasteiger charge is -2.01. The molecule has 0 spiro atoms. The molecular weight excluding hydrogens is 338 g/mol. The Balaban J connectivity index is 1.84. The third-order valence-corrected chi connectivity index (χ3v) is 5.46. The zero-order valence-electron chi connectivity index (χ0n) is 14.1. The van der Waals surface area contributed by atoms with E-state index in [1.807, 2.05) is 37.3 Å². The molecule has 1 heterocycles. The fraction of sp³-hybridized carbons (Fsp3) is 0.211. The molecule has 0 aliphatic heterocycles. The summed E-state index contributed by atoms with van der Waals surface area (Å²) >= 11 is 0. The third-order valence-electron chi connectivity index (χ3n) is 3.72. The largest absolute Gasteiger partial charge is 0.494 e. The predicted molar refractivity (Wildman–Crippen MR) is 98.3 cm³/mol. The quantitative estimate of drug-likeness (QED) is 0.661. The van der Waals surface area contributed by atoms with Crippen LogP contribution in [0.3, 0.4) is 0 Å². The number of fused-ring (bicyclic) bond motifs is 1. The molecule has 1 aromatic heterocycles. The summed E-state index contributed by atoms with van der Waals surface area (Å²) < 4.78 is 35.0. The maximum Gasteiger partial charge on any atom is 0.220 e. The summed E-state index contributed by atoms with van der Waals surface area (Å²) in [6.07, 6.45) is 3.63. The van der Waals surface area contributed by atoms with Crippen molar-refractivity contribution >= 4 is 33.1 Å². The lowest BCUT2D eigenvalue weighted by molar-refractivity contribution is 0.340. The van der Waals surface area contributed by atoms with Crippen LogP contribution in [-0.2, 0) is 9.84 Å². The lowest BCUT2D eigenvalue weighted by atomic mass is 10.2. The van der Waals surface area contributed by atoms with Crippen molar-refractivity contribution in [2.75, 3.05) is 12.4 Å². The van der Waals surface area contributed by atoms with Gasteiger partial charge in [-0.1, -0.05) is 19.1 Å². The van der Waals surface area contributed by atoms with Crippen molar-refractivity contribution < 1.29 is 17.6 Å². The Labute approximate surface area is 146 Å². The van der Waals surface area contributed by atoms with Gasteiger partial charge in [0.2, 0.25) is 5.89 Å². The minimum atomic E-state index is -3.26.